The number of esters is 1. The molecule has 0 aromatic heterocycles. The fourth-order valence-corrected chi connectivity index (χ4v) is 3.01. The first kappa shape index (κ1) is 16.2. The summed E-state index contributed by atoms with van der Waals surface area (Å²) in [6, 6.07) is 6.72. The summed E-state index contributed by atoms with van der Waals surface area (Å²) in [5, 5.41) is 8.79. The van der Waals surface area contributed by atoms with Gasteiger partial charge in [-0.3, -0.25) is 19.3 Å². The quantitative estimate of drug-likeness (QED) is 0.389. The molecule has 114 valence electrons. The molecular formula is C14H11NO5S2. The van der Waals surface area contributed by atoms with Crippen LogP contribution < -0.4 is 4.74 Å². The zero-order chi connectivity index (χ0) is 16.3. The topological polar surface area (TPSA) is 83.9 Å². The maximum absolute atomic E-state index is 12.2. The van der Waals surface area contributed by atoms with Gasteiger partial charge in [-0.2, -0.15) is 0 Å². The van der Waals surface area contributed by atoms with Crippen LogP contribution in [0.5, 0.6) is 5.75 Å². The van der Waals surface area contributed by atoms with Crippen LogP contribution in [-0.4, -0.2) is 38.7 Å². The average Bonchev–Trinajstić information content (AvgIpc) is 2.68. The number of ether oxygens (including phenoxy) is 1. The Hall–Kier alpha value is -2.19. The van der Waals surface area contributed by atoms with Crippen LogP contribution in [0.1, 0.15) is 12.5 Å². The number of benzene rings is 1. The average molecular weight is 337 g/mol. The molecular weight excluding hydrogens is 326 g/mol. The van der Waals surface area contributed by atoms with Crippen LogP contribution in [0.3, 0.4) is 0 Å². The molecule has 1 aliphatic rings. The van der Waals surface area contributed by atoms with Gasteiger partial charge in [0, 0.05) is 12.5 Å². The van der Waals surface area contributed by atoms with Gasteiger partial charge in [-0.25, -0.2) is 0 Å². The van der Waals surface area contributed by atoms with Crippen LogP contribution in [0.4, 0.5) is 0 Å². The van der Waals surface area contributed by atoms with E-state index in [1.807, 2.05) is 0 Å². The Morgan fingerprint density at radius 3 is 2.73 bits per heavy atom. The van der Waals surface area contributed by atoms with E-state index in [1.54, 1.807) is 24.3 Å². The Morgan fingerprint density at radius 1 is 1.41 bits per heavy atom. The number of nitrogens with zero attached hydrogens (tertiary/aromatic N) is 1. The summed E-state index contributed by atoms with van der Waals surface area (Å²) in [5.74, 6) is -1.77. The van der Waals surface area contributed by atoms with Gasteiger partial charge in [0.2, 0.25) is 0 Å². The standard InChI is InChI=1S/C14H11NO5S2/c1-8(16)20-10-5-3-2-4-9(10)6-11-13(19)15(7-12(17)18)14(21)22-11/h2-6H,7H2,1H3,(H,17,18)/b11-6-. The number of carboxylic acids is 1. The minimum Gasteiger partial charge on any atom is -0.480 e. The summed E-state index contributed by atoms with van der Waals surface area (Å²) in [5.41, 5.74) is 0.536. The number of aliphatic carboxylic acids is 1. The maximum atomic E-state index is 12.2. The molecule has 6 nitrogen and oxygen atoms in total. The van der Waals surface area contributed by atoms with Gasteiger partial charge >= 0.3 is 11.9 Å². The van der Waals surface area contributed by atoms with Crippen LogP contribution in [0.15, 0.2) is 29.2 Å². The first-order valence-electron chi connectivity index (χ1n) is 6.13. The Kier molecular flexibility index (Phi) is 4.94. The highest BCUT2D eigenvalue weighted by atomic mass is 32.2. The molecule has 0 atom stereocenters. The number of carbonyl (C=O) groups excluding carboxylic acids is 2. The third kappa shape index (κ3) is 3.71. The third-order valence-corrected chi connectivity index (χ3v) is 4.00. The molecule has 1 aromatic rings. The van der Waals surface area contributed by atoms with Gasteiger partial charge in [0.15, 0.2) is 0 Å². The van der Waals surface area contributed by atoms with Crippen molar-refractivity contribution >= 4 is 52.2 Å². The van der Waals surface area contributed by atoms with Crippen molar-refractivity contribution in [3.63, 3.8) is 0 Å². The van der Waals surface area contributed by atoms with E-state index >= 15 is 0 Å². The van der Waals surface area contributed by atoms with Gasteiger partial charge in [0.05, 0.1) is 4.91 Å². The number of rotatable bonds is 4. The van der Waals surface area contributed by atoms with Gasteiger partial charge in [-0.1, -0.05) is 42.2 Å². The van der Waals surface area contributed by atoms with E-state index in [0.29, 0.717) is 11.3 Å². The number of thioether (sulfide) groups is 1. The second-order valence-electron chi connectivity index (χ2n) is 4.29. The van der Waals surface area contributed by atoms with Crippen LogP contribution in [-0.2, 0) is 14.4 Å². The molecule has 0 spiro atoms. The molecule has 1 aliphatic heterocycles. The largest absolute Gasteiger partial charge is 0.480 e. The van der Waals surface area contributed by atoms with Crippen LogP contribution in [0.2, 0.25) is 0 Å². The first-order valence-corrected chi connectivity index (χ1v) is 7.35. The first-order chi connectivity index (χ1) is 10.4. The fraction of sp³-hybridized carbons (Fsp3) is 0.143. The summed E-state index contributed by atoms with van der Waals surface area (Å²) in [6.45, 7) is 0.802. The van der Waals surface area contributed by atoms with Crippen molar-refractivity contribution in [2.75, 3.05) is 6.54 Å². The molecule has 8 heteroatoms. The molecule has 0 unspecified atom stereocenters. The van der Waals surface area contributed by atoms with E-state index in [9.17, 15) is 14.4 Å². The Labute approximate surface area is 135 Å². The number of hydrogen-bond acceptors (Lipinski definition) is 6. The Bertz CT molecular complexity index is 698. The number of hydrogen-bond donors (Lipinski definition) is 1. The van der Waals surface area contributed by atoms with Crippen molar-refractivity contribution in [1.82, 2.24) is 4.90 Å². The van der Waals surface area contributed by atoms with Crippen molar-refractivity contribution in [3.8, 4) is 5.75 Å². The minimum absolute atomic E-state index is 0.184. The van der Waals surface area contributed by atoms with Crippen LogP contribution in [0, 0.1) is 0 Å². The van der Waals surface area contributed by atoms with Crippen molar-refractivity contribution in [3.05, 3.63) is 34.7 Å². The molecule has 1 amide bonds. The van der Waals surface area contributed by atoms with Crippen molar-refractivity contribution < 1.29 is 24.2 Å². The number of para-hydroxylation sites is 1. The zero-order valence-corrected chi connectivity index (χ0v) is 13.1. The smallest absolute Gasteiger partial charge is 0.323 e. The van der Waals surface area contributed by atoms with Gasteiger partial charge in [0.1, 0.15) is 16.6 Å². The molecule has 1 aromatic carbocycles. The lowest BCUT2D eigenvalue weighted by Gasteiger charge is -2.10. The number of thiocarbonyl (C=S) groups is 1. The second kappa shape index (κ2) is 6.71. The van der Waals surface area contributed by atoms with Gasteiger partial charge in [0.25, 0.3) is 5.91 Å². The predicted molar refractivity (Wildman–Crippen MR) is 85.3 cm³/mol. The van der Waals surface area contributed by atoms with Gasteiger partial charge < -0.3 is 9.84 Å². The summed E-state index contributed by atoms with van der Waals surface area (Å²) in [7, 11) is 0. The lowest BCUT2D eigenvalue weighted by molar-refractivity contribution is -0.140. The molecule has 0 saturated carbocycles. The highest BCUT2D eigenvalue weighted by molar-refractivity contribution is 8.26. The van der Waals surface area contributed by atoms with E-state index in [0.717, 1.165) is 16.7 Å². The summed E-state index contributed by atoms with van der Waals surface area (Å²) < 4.78 is 5.25. The van der Waals surface area contributed by atoms with Crippen molar-refractivity contribution in [2.24, 2.45) is 0 Å². The van der Waals surface area contributed by atoms with Crippen LogP contribution >= 0.6 is 24.0 Å². The molecule has 1 saturated heterocycles. The molecule has 22 heavy (non-hydrogen) atoms. The van der Waals surface area contributed by atoms with E-state index in [2.05, 4.69) is 0 Å². The molecule has 1 N–H and O–H groups in total. The SMILES string of the molecule is CC(=O)Oc1ccccc1/C=C1\SC(=S)N(CC(=O)O)C1=O. The number of amides is 1. The molecule has 0 radical (unpaired) electrons. The molecule has 0 aliphatic carbocycles. The monoisotopic (exact) mass is 337 g/mol. The second-order valence-corrected chi connectivity index (χ2v) is 5.97. The normalized spacial score (nSPS) is 16.2. The predicted octanol–water partition coefficient (Wildman–Crippen LogP) is 1.90. The summed E-state index contributed by atoms with van der Waals surface area (Å²) in [6.07, 6.45) is 1.53. The highest BCUT2D eigenvalue weighted by Crippen LogP contribution is 2.34. The fourth-order valence-electron chi connectivity index (χ4n) is 1.76. The van der Waals surface area contributed by atoms with Crippen molar-refractivity contribution in [2.45, 2.75) is 6.92 Å². The van der Waals surface area contributed by atoms with Crippen LogP contribution in [0.25, 0.3) is 6.08 Å². The van der Waals surface area contributed by atoms with E-state index in [-0.39, 0.29) is 9.23 Å². The lowest BCUT2D eigenvalue weighted by Crippen LogP contribution is -2.33. The third-order valence-electron chi connectivity index (χ3n) is 2.63. The minimum atomic E-state index is -1.14. The van der Waals surface area contributed by atoms with Crippen molar-refractivity contribution in [1.29, 1.82) is 0 Å². The summed E-state index contributed by atoms with van der Waals surface area (Å²) in [4.78, 5) is 35.3. The summed E-state index contributed by atoms with van der Waals surface area (Å²) >= 11 is 6.02. The molecule has 1 heterocycles. The Morgan fingerprint density at radius 2 is 2.09 bits per heavy atom. The van der Waals surface area contributed by atoms with E-state index in [1.165, 1.54) is 13.0 Å². The molecule has 1 fully saturated rings. The molecule has 2 rings (SSSR count). The van der Waals surface area contributed by atoms with E-state index in [4.69, 9.17) is 22.1 Å². The Balaban J connectivity index is 2.31. The lowest BCUT2D eigenvalue weighted by atomic mass is 10.2. The van der Waals surface area contributed by atoms with E-state index < -0.39 is 24.4 Å². The van der Waals surface area contributed by atoms with Gasteiger partial charge in [-0.15, -0.1) is 0 Å². The number of carbonyl (C=O) groups is 3. The molecule has 0 bridgehead atoms. The number of carboxylic acid groups (broad SMARTS) is 1. The van der Waals surface area contributed by atoms with Gasteiger partial charge in [-0.05, 0) is 12.1 Å². The maximum Gasteiger partial charge on any atom is 0.323 e. The highest BCUT2D eigenvalue weighted by Gasteiger charge is 2.33. The zero-order valence-electron chi connectivity index (χ0n) is 11.4.